The number of anilines is 1. The maximum absolute atomic E-state index is 13.3. The predicted molar refractivity (Wildman–Crippen MR) is 134 cm³/mol. The predicted octanol–water partition coefficient (Wildman–Crippen LogP) is 3.17. The van der Waals surface area contributed by atoms with Crippen molar-refractivity contribution in [2.24, 2.45) is 0 Å². The topological polar surface area (TPSA) is 134 Å². The minimum Gasteiger partial charge on any atom is -0.480 e. The summed E-state index contributed by atoms with van der Waals surface area (Å²) in [5, 5.41) is 11.8. The van der Waals surface area contributed by atoms with Gasteiger partial charge >= 0.3 is 5.97 Å². The number of carboxylic acid groups (broad SMARTS) is 1. The molecule has 0 aliphatic carbocycles. The Morgan fingerprint density at radius 3 is 2.77 bits per heavy atom. The summed E-state index contributed by atoms with van der Waals surface area (Å²) in [5.74, 6) is -1.89. The van der Waals surface area contributed by atoms with Gasteiger partial charge < -0.3 is 15.7 Å². The molecule has 1 atom stereocenters. The van der Waals surface area contributed by atoms with Gasteiger partial charge in [0.2, 0.25) is 5.91 Å². The highest BCUT2D eigenvalue weighted by atomic mass is 35.5. The van der Waals surface area contributed by atoms with Crippen molar-refractivity contribution in [3.05, 3.63) is 65.3 Å². The van der Waals surface area contributed by atoms with E-state index in [1.807, 2.05) is 0 Å². The van der Waals surface area contributed by atoms with Gasteiger partial charge in [0.25, 0.3) is 10.0 Å². The van der Waals surface area contributed by atoms with Crippen molar-refractivity contribution in [2.75, 3.05) is 18.8 Å². The van der Waals surface area contributed by atoms with E-state index in [1.54, 1.807) is 48.7 Å². The van der Waals surface area contributed by atoms with E-state index in [0.29, 0.717) is 31.9 Å². The number of amides is 1. The van der Waals surface area contributed by atoms with Crippen LogP contribution in [0.5, 0.6) is 0 Å². The fourth-order valence-corrected chi connectivity index (χ4v) is 7.34. The second-order valence-corrected chi connectivity index (χ2v) is 11.9. The third kappa shape index (κ3) is 4.31. The number of nitrogen functional groups attached to an aromatic ring is 1. The Kier molecular flexibility index (Phi) is 5.88. The minimum absolute atomic E-state index is 0.00249. The van der Waals surface area contributed by atoms with Crippen LogP contribution < -0.4 is 5.73 Å². The van der Waals surface area contributed by atoms with Crippen LogP contribution in [-0.2, 0) is 26.2 Å². The maximum atomic E-state index is 13.3. The van der Waals surface area contributed by atoms with Gasteiger partial charge in [0.05, 0.1) is 12.1 Å². The van der Waals surface area contributed by atoms with E-state index < -0.39 is 34.5 Å². The molecule has 3 N–H and O–H groups in total. The molecular weight excluding hydrogens is 512 g/mol. The van der Waals surface area contributed by atoms with Crippen LogP contribution >= 0.6 is 22.9 Å². The molecule has 1 amide bonds. The number of pyridine rings is 1. The molecule has 35 heavy (non-hydrogen) atoms. The Morgan fingerprint density at radius 1 is 1.20 bits per heavy atom. The van der Waals surface area contributed by atoms with E-state index in [2.05, 4.69) is 4.98 Å². The number of nitrogens with two attached hydrogens (primary N) is 1. The molecule has 12 heteroatoms. The highest BCUT2D eigenvalue weighted by molar-refractivity contribution is 7.91. The van der Waals surface area contributed by atoms with Gasteiger partial charge in [-0.2, -0.15) is 4.31 Å². The zero-order valence-corrected chi connectivity index (χ0v) is 20.5. The number of thiophene rings is 1. The lowest BCUT2D eigenvalue weighted by Crippen LogP contribution is -2.59. The number of nitrogens with zero attached hydrogens (tertiary/aromatic N) is 3. The van der Waals surface area contributed by atoms with Crippen LogP contribution in [0.3, 0.4) is 0 Å². The lowest BCUT2D eigenvalue weighted by Gasteiger charge is -2.38. The number of aromatic nitrogens is 1. The number of carbonyl (C=O) groups excluding carboxylic acids is 1. The quantitative estimate of drug-likeness (QED) is 0.404. The average Bonchev–Trinajstić information content (AvgIpc) is 3.24. The summed E-state index contributed by atoms with van der Waals surface area (Å²) in [5.41, 5.74) is 7.80. The molecule has 0 radical (unpaired) electrons. The molecule has 1 unspecified atom stereocenters. The molecule has 0 saturated carbocycles. The lowest BCUT2D eigenvalue weighted by molar-refractivity contribution is -0.154. The molecule has 1 fully saturated rings. The van der Waals surface area contributed by atoms with Crippen LogP contribution in [0.4, 0.5) is 5.69 Å². The normalized spacial score (nSPS) is 17.3. The Bertz CT molecular complexity index is 1600. The van der Waals surface area contributed by atoms with Gasteiger partial charge in [-0.15, -0.1) is 11.3 Å². The van der Waals surface area contributed by atoms with Gasteiger partial charge in [-0.05, 0) is 41.3 Å². The third-order valence-corrected chi connectivity index (χ3v) is 9.51. The summed E-state index contributed by atoms with van der Waals surface area (Å²) >= 11 is 7.03. The molecule has 3 heterocycles. The molecular formula is C23H19ClN4O5S2. The number of rotatable bonds is 5. The fourth-order valence-electron chi connectivity index (χ4n) is 4.11. The first-order valence-corrected chi connectivity index (χ1v) is 13.1. The van der Waals surface area contributed by atoms with E-state index in [1.165, 1.54) is 11.0 Å². The molecule has 1 aliphatic rings. The Morgan fingerprint density at radius 2 is 2.00 bits per heavy atom. The first kappa shape index (κ1) is 23.5. The van der Waals surface area contributed by atoms with Crippen molar-refractivity contribution in [3.63, 3.8) is 0 Å². The van der Waals surface area contributed by atoms with Crippen LogP contribution in [0.2, 0.25) is 5.02 Å². The van der Waals surface area contributed by atoms with E-state index in [-0.39, 0.29) is 17.3 Å². The van der Waals surface area contributed by atoms with Crippen molar-refractivity contribution in [2.45, 2.75) is 16.8 Å². The van der Waals surface area contributed by atoms with Crippen molar-refractivity contribution in [1.29, 1.82) is 0 Å². The summed E-state index contributed by atoms with van der Waals surface area (Å²) in [7, 11) is -4.09. The molecule has 2 aromatic heterocycles. The first-order valence-electron chi connectivity index (χ1n) is 10.5. The van der Waals surface area contributed by atoms with Gasteiger partial charge in [0, 0.05) is 40.1 Å². The van der Waals surface area contributed by atoms with Gasteiger partial charge in [0.1, 0.15) is 10.3 Å². The summed E-state index contributed by atoms with van der Waals surface area (Å²) in [6, 6.07) is 12.1. The van der Waals surface area contributed by atoms with Crippen LogP contribution in [0.15, 0.2) is 58.9 Å². The van der Waals surface area contributed by atoms with Crippen LogP contribution in [-0.4, -0.2) is 58.7 Å². The summed E-state index contributed by atoms with van der Waals surface area (Å²) in [4.78, 5) is 30.6. The standard InChI is InChI=1S/C23H19ClN4O5S2/c24-15-3-2-14-8-22(34-20(14)9-15)35(32,33)27-11-19(23(30)31)28(21(29)12-27)10-13-1-4-16-17(25)5-6-26-18(16)7-13/h1-9,19H,10-12H2,(H2,25,26)(H,30,31). The van der Waals surface area contributed by atoms with Crippen molar-refractivity contribution in [1.82, 2.24) is 14.2 Å². The van der Waals surface area contributed by atoms with Gasteiger partial charge in [-0.3, -0.25) is 9.78 Å². The van der Waals surface area contributed by atoms with Gasteiger partial charge in [0.15, 0.2) is 0 Å². The number of hydrogen-bond acceptors (Lipinski definition) is 7. The largest absolute Gasteiger partial charge is 0.480 e. The number of benzene rings is 2. The zero-order valence-electron chi connectivity index (χ0n) is 18.1. The first-order chi connectivity index (χ1) is 16.6. The van der Waals surface area contributed by atoms with E-state index >= 15 is 0 Å². The number of hydrogen-bond donors (Lipinski definition) is 2. The lowest BCUT2D eigenvalue weighted by atomic mass is 10.1. The smallest absolute Gasteiger partial charge is 0.327 e. The summed E-state index contributed by atoms with van der Waals surface area (Å²) in [6.07, 6.45) is 1.57. The number of aliphatic carboxylic acids is 1. The molecule has 4 aromatic rings. The number of piperazine rings is 1. The highest BCUT2D eigenvalue weighted by Gasteiger charge is 2.42. The number of halogens is 1. The van der Waals surface area contributed by atoms with E-state index in [4.69, 9.17) is 17.3 Å². The number of carboxylic acids is 1. The van der Waals surface area contributed by atoms with Crippen LogP contribution in [0.1, 0.15) is 5.56 Å². The van der Waals surface area contributed by atoms with Crippen molar-refractivity contribution >= 4 is 71.5 Å². The minimum atomic E-state index is -4.09. The molecule has 0 spiro atoms. The van der Waals surface area contributed by atoms with Gasteiger partial charge in [-0.25, -0.2) is 13.2 Å². The maximum Gasteiger partial charge on any atom is 0.327 e. The SMILES string of the molecule is Nc1ccnc2cc(CN3C(=O)CN(S(=O)(=O)c4cc5ccc(Cl)cc5s4)CC3C(=O)O)ccc12. The Labute approximate surface area is 209 Å². The van der Waals surface area contributed by atoms with Crippen LogP contribution in [0.25, 0.3) is 21.0 Å². The van der Waals surface area contributed by atoms with Crippen molar-refractivity contribution in [3.8, 4) is 0 Å². The molecule has 180 valence electrons. The molecule has 2 aromatic carbocycles. The number of carbonyl (C=O) groups is 2. The molecule has 1 aliphatic heterocycles. The van der Waals surface area contributed by atoms with Crippen LogP contribution in [0, 0.1) is 0 Å². The van der Waals surface area contributed by atoms with Crippen molar-refractivity contribution < 1.29 is 23.1 Å². The second kappa shape index (κ2) is 8.76. The summed E-state index contributed by atoms with van der Waals surface area (Å²) in [6.45, 7) is -0.825. The Hall–Kier alpha value is -3.25. The van der Waals surface area contributed by atoms with Gasteiger partial charge in [-0.1, -0.05) is 29.8 Å². The summed E-state index contributed by atoms with van der Waals surface area (Å²) < 4.78 is 28.3. The third-order valence-electron chi connectivity index (χ3n) is 5.92. The zero-order chi connectivity index (χ0) is 24.9. The molecule has 0 bridgehead atoms. The molecule has 5 rings (SSSR count). The van der Waals surface area contributed by atoms with E-state index in [9.17, 15) is 23.1 Å². The monoisotopic (exact) mass is 530 g/mol. The molecule has 9 nitrogen and oxygen atoms in total. The molecule has 1 saturated heterocycles. The fraction of sp³-hybridized carbons (Fsp3) is 0.174. The second-order valence-electron chi connectivity index (χ2n) is 8.17. The Balaban J connectivity index is 1.43. The van der Waals surface area contributed by atoms with E-state index in [0.717, 1.165) is 21.0 Å². The number of sulfonamides is 1. The average molecular weight is 531 g/mol. The number of fused-ring (bicyclic) bond motifs is 2. The highest BCUT2D eigenvalue weighted by Crippen LogP contribution is 2.34.